The average Bonchev–Trinajstić information content (AvgIpc) is 1.63. The van der Waals surface area contributed by atoms with Crippen LogP contribution in [0.25, 0.3) is 0 Å². The van der Waals surface area contributed by atoms with Gasteiger partial charge in [-0.25, -0.2) is 0 Å². The molecule has 0 saturated carbocycles. The number of hydrogen-bond donors (Lipinski definition) is 0. The van der Waals surface area contributed by atoms with Crippen LogP contribution in [0.3, 0.4) is 0 Å². The lowest BCUT2D eigenvalue weighted by molar-refractivity contribution is -0.130. The van der Waals surface area contributed by atoms with Gasteiger partial charge in [0.2, 0.25) is 0 Å². The Morgan fingerprint density at radius 3 is 2.22 bits per heavy atom. The maximum atomic E-state index is 11.4. The molecule has 0 N–H and O–H groups in total. The van der Waals surface area contributed by atoms with E-state index >= 15 is 0 Å². The lowest BCUT2D eigenvalue weighted by atomic mass is 10.5. The molecule has 0 spiro atoms. The van der Waals surface area contributed by atoms with Crippen molar-refractivity contribution in [3.8, 4) is 0 Å². The Hall–Kier alpha value is 0.297. The zero-order chi connectivity index (χ0) is 7.33. The van der Waals surface area contributed by atoms with Gasteiger partial charge in [0.05, 0.1) is 0 Å². The minimum absolute atomic E-state index is 0.285. The zero-order valence-corrected chi connectivity index (χ0v) is 7.01. The van der Waals surface area contributed by atoms with Crippen LogP contribution in [0.2, 0.25) is 6.04 Å². The van der Waals surface area contributed by atoms with Crippen molar-refractivity contribution in [2.75, 3.05) is 5.50 Å². The molecule has 0 aliphatic rings. The monoisotopic (exact) mass is 176 g/mol. The van der Waals surface area contributed by atoms with Crippen LogP contribution in [0, 0.1) is 0 Å². The van der Waals surface area contributed by atoms with E-state index in [9.17, 15) is 13.2 Å². The first-order valence-electron chi connectivity index (χ1n) is 2.69. The summed E-state index contributed by atoms with van der Waals surface area (Å²) in [5.41, 5.74) is 0.454. The van der Waals surface area contributed by atoms with Gasteiger partial charge in [-0.15, -0.1) is 11.6 Å². The molecule has 0 unspecified atom stereocenters. The molecule has 0 aliphatic heterocycles. The van der Waals surface area contributed by atoms with Gasteiger partial charge in [-0.2, -0.15) is 13.2 Å². The molecule has 0 atom stereocenters. The average molecular weight is 177 g/mol. The van der Waals surface area contributed by atoms with Crippen LogP contribution in [0.5, 0.6) is 0 Å². The van der Waals surface area contributed by atoms with Crippen molar-refractivity contribution in [3.63, 3.8) is 0 Å². The minimum atomic E-state index is -3.97. The summed E-state index contributed by atoms with van der Waals surface area (Å²) in [7, 11) is -0.613. The fraction of sp³-hybridized carbons (Fsp3) is 1.00. The van der Waals surface area contributed by atoms with E-state index in [2.05, 4.69) is 0 Å². The summed E-state index contributed by atoms with van der Waals surface area (Å²) in [6.07, 6.45) is -4.62. The van der Waals surface area contributed by atoms with Gasteiger partial charge in [0.15, 0.2) is 0 Å². The first kappa shape index (κ1) is 9.30. The predicted octanol–water partition coefficient (Wildman–Crippen LogP) is 1.72. The molecule has 0 saturated heterocycles. The van der Waals surface area contributed by atoms with Crippen LogP contribution in [0.4, 0.5) is 13.2 Å². The number of rotatable bonds is 3. The molecule has 9 heavy (non-hydrogen) atoms. The zero-order valence-electron chi connectivity index (χ0n) is 4.84. The van der Waals surface area contributed by atoms with Gasteiger partial charge in [0.1, 0.15) is 0 Å². The highest BCUT2D eigenvalue weighted by molar-refractivity contribution is 6.50. The molecule has 5 heteroatoms. The van der Waals surface area contributed by atoms with Gasteiger partial charge in [-0.05, 0) is 0 Å². The molecule has 0 fully saturated rings. The molecule has 0 aliphatic carbocycles. The molecule has 0 amide bonds. The second kappa shape index (κ2) is 4.17. The minimum Gasteiger partial charge on any atom is -0.171 e. The van der Waals surface area contributed by atoms with E-state index in [1.54, 1.807) is 0 Å². The van der Waals surface area contributed by atoms with Crippen molar-refractivity contribution in [1.82, 2.24) is 0 Å². The van der Waals surface area contributed by atoms with Crippen LogP contribution < -0.4 is 0 Å². The third kappa shape index (κ3) is 8.30. The predicted molar refractivity (Wildman–Crippen MR) is 34.7 cm³/mol. The van der Waals surface area contributed by atoms with Crippen LogP contribution in [-0.2, 0) is 0 Å². The Bertz CT molecular complexity index is 72.7. The van der Waals surface area contributed by atoms with Gasteiger partial charge in [0, 0.05) is 21.4 Å². The summed E-state index contributed by atoms with van der Waals surface area (Å²) in [6.45, 7) is 0. The first-order chi connectivity index (χ1) is 4.06. The van der Waals surface area contributed by atoms with Crippen molar-refractivity contribution >= 4 is 21.1 Å². The third-order valence-electron chi connectivity index (χ3n) is 0.844. The summed E-state index contributed by atoms with van der Waals surface area (Å²) < 4.78 is 34.1. The first-order valence-corrected chi connectivity index (χ1v) is 5.22. The highest BCUT2D eigenvalue weighted by Crippen LogP contribution is 2.20. The Kier molecular flexibility index (Phi) is 4.30. The van der Waals surface area contributed by atoms with Gasteiger partial charge >= 0.3 is 6.18 Å². The molecular formula is C4H8ClF3Si. The van der Waals surface area contributed by atoms with Gasteiger partial charge in [-0.1, -0.05) is 6.04 Å². The summed E-state index contributed by atoms with van der Waals surface area (Å²) in [6, 6.07) is 0.285. The molecular weight excluding hydrogens is 169 g/mol. The summed E-state index contributed by atoms with van der Waals surface area (Å²) in [5, 5.41) is 0. The molecule has 0 nitrogen and oxygen atoms in total. The van der Waals surface area contributed by atoms with Crippen LogP contribution in [-0.4, -0.2) is 21.2 Å². The van der Waals surface area contributed by atoms with Gasteiger partial charge < -0.3 is 0 Å². The molecule has 0 heterocycles. The van der Waals surface area contributed by atoms with E-state index in [4.69, 9.17) is 11.6 Å². The standard InChI is InChI=1S/C4H8ClF3Si/c5-3-9-2-1-4(6,7)8/h1-3,9H2. The van der Waals surface area contributed by atoms with E-state index in [0.29, 0.717) is 5.50 Å². The maximum Gasteiger partial charge on any atom is 0.388 e. The fourth-order valence-corrected chi connectivity index (χ4v) is 1.83. The van der Waals surface area contributed by atoms with E-state index in [0.717, 1.165) is 0 Å². The second-order valence-electron chi connectivity index (χ2n) is 1.76. The largest absolute Gasteiger partial charge is 0.388 e. The maximum absolute atomic E-state index is 11.4. The summed E-state index contributed by atoms with van der Waals surface area (Å²) in [4.78, 5) is 0. The van der Waals surface area contributed by atoms with Crippen LogP contribution in [0.15, 0.2) is 0 Å². The molecule has 0 aromatic rings. The highest BCUT2D eigenvalue weighted by Gasteiger charge is 2.25. The second-order valence-corrected chi connectivity index (χ2v) is 4.69. The normalized spacial score (nSPS) is 13.3. The molecule has 0 aromatic carbocycles. The number of alkyl halides is 4. The van der Waals surface area contributed by atoms with E-state index in [-0.39, 0.29) is 6.04 Å². The molecule has 0 aromatic heterocycles. The molecule has 56 valence electrons. The van der Waals surface area contributed by atoms with Crippen molar-refractivity contribution in [3.05, 3.63) is 0 Å². The van der Waals surface area contributed by atoms with Crippen molar-refractivity contribution in [1.29, 1.82) is 0 Å². The quantitative estimate of drug-likeness (QED) is 0.349. The van der Waals surface area contributed by atoms with E-state index < -0.39 is 22.1 Å². The van der Waals surface area contributed by atoms with Crippen molar-refractivity contribution < 1.29 is 13.2 Å². The van der Waals surface area contributed by atoms with Crippen molar-refractivity contribution in [2.45, 2.75) is 18.6 Å². The Balaban J connectivity index is 3.07. The van der Waals surface area contributed by atoms with Gasteiger partial charge in [-0.3, -0.25) is 0 Å². The van der Waals surface area contributed by atoms with Gasteiger partial charge in [0.25, 0.3) is 0 Å². The Labute approximate surface area is 59.2 Å². The Morgan fingerprint density at radius 2 is 1.89 bits per heavy atom. The van der Waals surface area contributed by atoms with Crippen LogP contribution in [0.1, 0.15) is 6.42 Å². The number of hydrogen-bond acceptors (Lipinski definition) is 0. The summed E-state index contributed by atoms with van der Waals surface area (Å²) >= 11 is 5.22. The summed E-state index contributed by atoms with van der Waals surface area (Å²) in [5.74, 6) is 0. The van der Waals surface area contributed by atoms with Crippen molar-refractivity contribution in [2.24, 2.45) is 0 Å². The SMILES string of the molecule is FC(F)(F)CC[SiH2]CCl. The lowest BCUT2D eigenvalue weighted by Gasteiger charge is -2.02. The van der Waals surface area contributed by atoms with E-state index in [1.807, 2.05) is 0 Å². The van der Waals surface area contributed by atoms with E-state index in [1.165, 1.54) is 0 Å². The highest BCUT2D eigenvalue weighted by atomic mass is 35.5. The van der Waals surface area contributed by atoms with Crippen LogP contribution >= 0.6 is 11.6 Å². The molecule has 0 rings (SSSR count). The lowest BCUT2D eigenvalue weighted by Crippen LogP contribution is -2.08. The topological polar surface area (TPSA) is 0 Å². The number of halogens is 4. The fourth-order valence-electron chi connectivity index (χ4n) is 0.420. The Morgan fingerprint density at radius 1 is 1.33 bits per heavy atom. The molecule has 0 bridgehead atoms. The third-order valence-corrected chi connectivity index (χ3v) is 2.77. The molecule has 0 radical (unpaired) electrons. The smallest absolute Gasteiger partial charge is 0.171 e.